The first-order chi connectivity index (χ1) is 8.77. The summed E-state index contributed by atoms with van der Waals surface area (Å²) < 4.78 is 5.31. The number of rotatable bonds is 4. The van der Waals surface area contributed by atoms with E-state index in [1.807, 2.05) is 26.0 Å². The molecule has 2 rings (SSSR count). The van der Waals surface area contributed by atoms with Crippen LogP contribution in [0.4, 0.5) is 5.82 Å². The van der Waals surface area contributed by atoms with Crippen LogP contribution < -0.4 is 10.1 Å². The summed E-state index contributed by atoms with van der Waals surface area (Å²) in [5.74, 6) is 1.54. The summed E-state index contributed by atoms with van der Waals surface area (Å²) in [4.78, 5) is 12.9. The molecule has 5 heteroatoms. The molecule has 0 spiro atoms. The molecule has 18 heavy (non-hydrogen) atoms. The first-order valence-corrected chi connectivity index (χ1v) is 5.82. The van der Waals surface area contributed by atoms with Crippen LogP contribution in [0.15, 0.2) is 24.7 Å². The van der Waals surface area contributed by atoms with Crippen molar-refractivity contribution >= 4 is 5.82 Å². The van der Waals surface area contributed by atoms with Crippen molar-refractivity contribution < 1.29 is 4.74 Å². The Morgan fingerprint density at radius 3 is 2.78 bits per heavy atom. The molecular weight excluding hydrogens is 228 g/mol. The van der Waals surface area contributed by atoms with Crippen LogP contribution in [-0.2, 0) is 0 Å². The van der Waals surface area contributed by atoms with Crippen LogP contribution in [0.1, 0.15) is 12.5 Å². The van der Waals surface area contributed by atoms with E-state index in [-0.39, 0.29) is 0 Å². The molecule has 5 nitrogen and oxygen atoms in total. The van der Waals surface area contributed by atoms with Crippen LogP contribution in [0, 0.1) is 6.92 Å². The van der Waals surface area contributed by atoms with Gasteiger partial charge in [-0.05, 0) is 26.0 Å². The van der Waals surface area contributed by atoms with Crippen molar-refractivity contribution in [3.05, 3.63) is 30.2 Å². The number of nitrogens with one attached hydrogen (secondary N) is 1. The molecule has 0 saturated carbocycles. The van der Waals surface area contributed by atoms with Gasteiger partial charge in [0.1, 0.15) is 29.3 Å². The molecule has 2 heterocycles. The number of methoxy groups -OCH3 is 1. The van der Waals surface area contributed by atoms with Crippen LogP contribution in [-0.4, -0.2) is 28.6 Å². The van der Waals surface area contributed by atoms with E-state index in [1.54, 1.807) is 13.3 Å². The summed E-state index contributed by atoms with van der Waals surface area (Å²) >= 11 is 0. The van der Waals surface area contributed by atoms with Crippen LogP contribution in [0.5, 0.6) is 5.75 Å². The van der Waals surface area contributed by atoms with Gasteiger partial charge in [0.15, 0.2) is 0 Å². The molecule has 2 aromatic rings. The maximum Gasteiger partial charge on any atom is 0.146 e. The van der Waals surface area contributed by atoms with Crippen molar-refractivity contribution in [2.24, 2.45) is 0 Å². The van der Waals surface area contributed by atoms with E-state index in [0.29, 0.717) is 5.75 Å². The lowest BCUT2D eigenvalue weighted by Gasteiger charge is -2.11. The fourth-order valence-electron chi connectivity index (χ4n) is 1.77. The predicted molar refractivity (Wildman–Crippen MR) is 70.7 cm³/mol. The summed E-state index contributed by atoms with van der Waals surface area (Å²) in [6, 6.07) is 3.71. The van der Waals surface area contributed by atoms with Gasteiger partial charge < -0.3 is 10.1 Å². The largest absolute Gasteiger partial charge is 0.494 e. The number of hydrogen-bond acceptors (Lipinski definition) is 5. The molecule has 0 aliphatic carbocycles. The highest BCUT2D eigenvalue weighted by Gasteiger charge is 2.13. The fraction of sp³-hybridized carbons (Fsp3) is 0.308. The summed E-state index contributed by atoms with van der Waals surface area (Å²) in [6.07, 6.45) is 3.26. The Morgan fingerprint density at radius 2 is 2.06 bits per heavy atom. The zero-order valence-corrected chi connectivity index (χ0v) is 10.8. The van der Waals surface area contributed by atoms with E-state index in [0.717, 1.165) is 29.3 Å². The third kappa shape index (κ3) is 2.25. The summed E-state index contributed by atoms with van der Waals surface area (Å²) in [6.45, 7) is 4.82. The van der Waals surface area contributed by atoms with Gasteiger partial charge in [0.25, 0.3) is 0 Å². The van der Waals surface area contributed by atoms with Gasteiger partial charge in [0.2, 0.25) is 0 Å². The van der Waals surface area contributed by atoms with Gasteiger partial charge in [-0.2, -0.15) is 0 Å². The number of aromatic nitrogens is 3. The molecule has 0 radical (unpaired) electrons. The average Bonchev–Trinajstić information content (AvgIpc) is 2.41. The lowest BCUT2D eigenvalue weighted by Crippen LogP contribution is -2.04. The number of pyridine rings is 1. The highest BCUT2D eigenvalue weighted by atomic mass is 16.5. The highest BCUT2D eigenvalue weighted by Crippen LogP contribution is 2.29. The van der Waals surface area contributed by atoms with Crippen molar-refractivity contribution in [2.45, 2.75) is 13.8 Å². The van der Waals surface area contributed by atoms with Gasteiger partial charge in [-0.3, -0.25) is 4.98 Å². The molecule has 2 aromatic heterocycles. The number of hydrogen-bond donors (Lipinski definition) is 1. The second-order valence-electron chi connectivity index (χ2n) is 3.78. The first-order valence-electron chi connectivity index (χ1n) is 5.82. The minimum absolute atomic E-state index is 0.710. The first kappa shape index (κ1) is 12.3. The molecule has 0 aromatic carbocycles. The average molecular weight is 244 g/mol. The topological polar surface area (TPSA) is 59.9 Å². The Balaban J connectivity index is 2.53. The van der Waals surface area contributed by atoms with Crippen LogP contribution >= 0.6 is 0 Å². The quantitative estimate of drug-likeness (QED) is 0.894. The monoisotopic (exact) mass is 244 g/mol. The minimum atomic E-state index is 0.710. The Labute approximate surface area is 106 Å². The van der Waals surface area contributed by atoms with Crippen molar-refractivity contribution in [2.75, 3.05) is 19.0 Å². The molecule has 0 amide bonds. The fourth-order valence-corrected chi connectivity index (χ4v) is 1.77. The molecule has 0 fully saturated rings. The molecular formula is C13H16N4O. The van der Waals surface area contributed by atoms with E-state index in [2.05, 4.69) is 20.3 Å². The zero-order chi connectivity index (χ0) is 13.0. The van der Waals surface area contributed by atoms with Crippen LogP contribution in [0.25, 0.3) is 11.4 Å². The Hall–Kier alpha value is -2.17. The van der Waals surface area contributed by atoms with E-state index < -0.39 is 0 Å². The van der Waals surface area contributed by atoms with Crippen LogP contribution in [0.3, 0.4) is 0 Å². The van der Waals surface area contributed by atoms with Crippen LogP contribution in [0.2, 0.25) is 0 Å². The van der Waals surface area contributed by atoms with E-state index in [4.69, 9.17) is 4.74 Å². The lowest BCUT2D eigenvalue weighted by molar-refractivity contribution is 0.414. The minimum Gasteiger partial charge on any atom is -0.494 e. The second-order valence-corrected chi connectivity index (χ2v) is 3.78. The number of nitrogens with zero attached hydrogens (tertiary/aromatic N) is 3. The summed E-state index contributed by atoms with van der Waals surface area (Å²) in [5, 5.41) is 3.20. The van der Waals surface area contributed by atoms with Gasteiger partial charge in [-0.15, -0.1) is 0 Å². The molecule has 1 N–H and O–H groups in total. The number of anilines is 1. The van der Waals surface area contributed by atoms with Crippen molar-refractivity contribution in [3.8, 4) is 17.1 Å². The van der Waals surface area contributed by atoms with Gasteiger partial charge in [0, 0.05) is 18.3 Å². The van der Waals surface area contributed by atoms with Gasteiger partial charge in [0.05, 0.1) is 7.11 Å². The van der Waals surface area contributed by atoms with Gasteiger partial charge in [-0.1, -0.05) is 0 Å². The zero-order valence-electron chi connectivity index (χ0n) is 10.8. The van der Waals surface area contributed by atoms with E-state index in [9.17, 15) is 0 Å². The molecule has 0 aliphatic heterocycles. The lowest BCUT2D eigenvalue weighted by atomic mass is 10.1. The summed E-state index contributed by atoms with van der Waals surface area (Å²) in [7, 11) is 1.63. The molecule has 0 atom stereocenters. The molecule has 94 valence electrons. The van der Waals surface area contributed by atoms with E-state index in [1.165, 1.54) is 6.33 Å². The Morgan fingerprint density at radius 1 is 1.22 bits per heavy atom. The molecule has 0 unspecified atom stereocenters. The van der Waals surface area contributed by atoms with Crippen molar-refractivity contribution in [1.82, 2.24) is 15.0 Å². The van der Waals surface area contributed by atoms with Crippen molar-refractivity contribution in [3.63, 3.8) is 0 Å². The van der Waals surface area contributed by atoms with Crippen molar-refractivity contribution in [1.29, 1.82) is 0 Å². The van der Waals surface area contributed by atoms with E-state index >= 15 is 0 Å². The SMILES string of the molecule is CCNc1ncnc(-c2ncccc2OC)c1C. The third-order valence-electron chi connectivity index (χ3n) is 2.64. The standard InChI is InChI=1S/C13H16N4O/c1-4-14-13-9(2)11(16-8-17-13)12-10(18-3)6-5-7-15-12/h5-8H,4H2,1-3H3,(H,14,16,17). The number of ether oxygens (including phenoxy) is 1. The summed E-state index contributed by atoms with van der Waals surface area (Å²) in [5.41, 5.74) is 2.49. The Kier molecular flexibility index (Phi) is 3.72. The second kappa shape index (κ2) is 5.44. The highest BCUT2D eigenvalue weighted by molar-refractivity contribution is 5.69. The normalized spacial score (nSPS) is 10.2. The molecule has 0 saturated heterocycles. The predicted octanol–water partition coefficient (Wildman–Crippen LogP) is 2.29. The van der Waals surface area contributed by atoms with Gasteiger partial charge in [-0.25, -0.2) is 9.97 Å². The molecule has 0 bridgehead atoms. The maximum absolute atomic E-state index is 5.31. The smallest absolute Gasteiger partial charge is 0.146 e. The maximum atomic E-state index is 5.31. The van der Waals surface area contributed by atoms with Gasteiger partial charge >= 0.3 is 0 Å². The Bertz CT molecular complexity index is 542. The molecule has 0 aliphatic rings. The third-order valence-corrected chi connectivity index (χ3v) is 2.64.